The van der Waals surface area contributed by atoms with Gasteiger partial charge in [0.15, 0.2) is 5.82 Å². The molecular formula is C23H22N4O5. The van der Waals surface area contributed by atoms with E-state index >= 15 is 0 Å². The van der Waals surface area contributed by atoms with Crippen LogP contribution in [0.3, 0.4) is 0 Å². The number of methoxy groups -OCH3 is 1. The Bertz CT molecular complexity index is 1310. The number of aromatic amines is 1. The van der Waals surface area contributed by atoms with E-state index in [2.05, 4.69) is 15.5 Å². The van der Waals surface area contributed by atoms with Crippen LogP contribution in [-0.4, -0.2) is 36.4 Å². The largest absolute Gasteiger partial charge is 0.496 e. The topological polar surface area (TPSA) is 132 Å². The number of ether oxygens (including phenoxy) is 2. The number of hydrogen-bond acceptors (Lipinski definition) is 7. The van der Waals surface area contributed by atoms with Crippen molar-refractivity contribution in [2.45, 2.75) is 6.42 Å². The minimum Gasteiger partial charge on any atom is -0.496 e. The number of nitrogens with two attached hydrogens (primary N) is 1. The van der Waals surface area contributed by atoms with Crippen molar-refractivity contribution in [3.63, 3.8) is 0 Å². The molecule has 0 atom stereocenters. The number of rotatable bonds is 8. The van der Waals surface area contributed by atoms with Crippen molar-refractivity contribution < 1.29 is 18.7 Å². The predicted octanol–water partition coefficient (Wildman–Crippen LogP) is 3.17. The molecule has 9 nitrogen and oxygen atoms in total. The van der Waals surface area contributed by atoms with Crippen molar-refractivity contribution in [1.29, 1.82) is 0 Å². The first-order valence-corrected chi connectivity index (χ1v) is 10.0. The molecule has 0 aliphatic carbocycles. The molecule has 0 aliphatic rings. The molecule has 164 valence electrons. The van der Waals surface area contributed by atoms with Gasteiger partial charge in [0.1, 0.15) is 22.6 Å². The lowest BCUT2D eigenvalue weighted by molar-refractivity contribution is 0.102. The number of anilines is 1. The third kappa shape index (κ3) is 4.33. The van der Waals surface area contributed by atoms with Crippen molar-refractivity contribution in [2.24, 2.45) is 5.73 Å². The van der Waals surface area contributed by atoms with Crippen LogP contribution >= 0.6 is 0 Å². The van der Waals surface area contributed by atoms with Gasteiger partial charge in [0.2, 0.25) is 0 Å². The molecule has 0 spiro atoms. The number of fused-ring (bicyclic) bond motifs is 1. The van der Waals surface area contributed by atoms with E-state index in [1.807, 2.05) is 12.1 Å². The molecule has 4 aromatic rings. The van der Waals surface area contributed by atoms with Gasteiger partial charge >= 0.3 is 5.63 Å². The number of nitrogens with one attached hydrogen (secondary N) is 2. The van der Waals surface area contributed by atoms with Crippen LogP contribution in [0.4, 0.5) is 5.82 Å². The number of carbonyl (C=O) groups is 1. The van der Waals surface area contributed by atoms with Gasteiger partial charge in [0.05, 0.1) is 25.0 Å². The van der Waals surface area contributed by atoms with Crippen molar-refractivity contribution in [3.05, 3.63) is 70.6 Å². The molecule has 4 N–H and O–H groups in total. The van der Waals surface area contributed by atoms with Crippen LogP contribution < -0.4 is 26.1 Å². The molecule has 2 aromatic carbocycles. The summed E-state index contributed by atoms with van der Waals surface area (Å²) in [6.45, 7) is 0.967. The lowest BCUT2D eigenvalue weighted by atomic mass is 10.1. The molecule has 0 radical (unpaired) electrons. The Balaban J connectivity index is 1.60. The highest BCUT2D eigenvalue weighted by Gasteiger charge is 2.18. The smallest absolute Gasteiger partial charge is 0.349 e. The molecule has 0 aliphatic heterocycles. The first-order chi connectivity index (χ1) is 15.6. The third-order valence-corrected chi connectivity index (χ3v) is 4.79. The maximum absolute atomic E-state index is 12.7. The highest BCUT2D eigenvalue weighted by Crippen LogP contribution is 2.38. The molecule has 1 amide bonds. The Labute approximate surface area is 183 Å². The molecule has 0 bridgehead atoms. The van der Waals surface area contributed by atoms with Crippen LogP contribution in [0.15, 0.2) is 63.8 Å². The fourth-order valence-electron chi connectivity index (χ4n) is 3.25. The maximum atomic E-state index is 12.7. The second-order valence-corrected chi connectivity index (χ2v) is 6.93. The van der Waals surface area contributed by atoms with E-state index in [0.717, 1.165) is 0 Å². The Kier molecular flexibility index (Phi) is 6.18. The first-order valence-electron chi connectivity index (χ1n) is 10.0. The summed E-state index contributed by atoms with van der Waals surface area (Å²) >= 11 is 0. The summed E-state index contributed by atoms with van der Waals surface area (Å²) < 4.78 is 16.5. The zero-order chi connectivity index (χ0) is 22.5. The van der Waals surface area contributed by atoms with Gasteiger partial charge in [-0.15, -0.1) is 0 Å². The number of carbonyl (C=O) groups excluding carboxylic acids is 1. The van der Waals surface area contributed by atoms with E-state index in [1.54, 1.807) is 43.5 Å². The highest BCUT2D eigenvalue weighted by molar-refractivity contribution is 6.05. The molecule has 0 saturated heterocycles. The van der Waals surface area contributed by atoms with E-state index in [4.69, 9.17) is 19.6 Å². The van der Waals surface area contributed by atoms with Gasteiger partial charge in [0.25, 0.3) is 5.91 Å². The van der Waals surface area contributed by atoms with Gasteiger partial charge in [-0.25, -0.2) is 4.79 Å². The summed E-state index contributed by atoms with van der Waals surface area (Å²) in [5.41, 5.74) is 6.35. The lowest BCUT2D eigenvalue weighted by Crippen LogP contribution is -2.20. The summed E-state index contributed by atoms with van der Waals surface area (Å²) in [5.74, 6) is 0.778. The molecule has 0 fully saturated rings. The summed E-state index contributed by atoms with van der Waals surface area (Å²) in [6, 6.07) is 15.5. The van der Waals surface area contributed by atoms with Crippen LogP contribution in [0, 0.1) is 0 Å². The summed E-state index contributed by atoms with van der Waals surface area (Å²) in [7, 11) is 1.56. The quantitative estimate of drug-likeness (QED) is 0.287. The van der Waals surface area contributed by atoms with Crippen molar-refractivity contribution in [1.82, 2.24) is 10.2 Å². The minimum atomic E-state index is -0.725. The predicted molar refractivity (Wildman–Crippen MR) is 120 cm³/mol. The first kappa shape index (κ1) is 21.1. The fourth-order valence-corrected chi connectivity index (χ4v) is 3.25. The average Bonchev–Trinajstić information content (AvgIpc) is 3.26. The van der Waals surface area contributed by atoms with Crippen LogP contribution in [-0.2, 0) is 0 Å². The summed E-state index contributed by atoms with van der Waals surface area (Å²) in [4.78, 5) is 24.9. The third-order valence-electron chi connectivity index (χ3n) is 4.79. The zero-order valence-corrected chi connectivity index (χ0v) is 17.4. The lowest BCUT2D eigenvalue weighted by Gasteiger charge is -2.13. The number of aromatic nitrogens is 2. The molecule has 32 heavy (non-hydrogen) atoms. The van der Waals surface area contributed by atoms with E-state index in [0.29, 0.717) is 53.3 Å². The Morgan fingerprint density at radius 1 is 1.16 bits per heavy atom. The van der Waals surface area contributed by atoms with Gasteiger partial charge in [-0.2, -0.15) is 5.10 Å². The normalized spacial score (nSPS) is 10.8. The van der Waals surface area contributed by atoms with Crippen LogP contribution in [0.2, 0.25) is 0 Å². The highest BCUT2D eigenvalue weighted by atomic mass is 16.5. The van der Waals surface area contributed by atoms with E-state index < -0.39 is 11.5 Å². The van der Waals surface area contributed by atoms with Crippen molar-refractivity contribution in [2.75, 3.05) is 25.6 Å². The van der Waals surface area contributed by atoms with Gasteiger partial charge in [-0.3, -0.25) is 9.89 Å². The van der Waals surface area contributed by atoms with Crippen LogP contribution in [0.1, 0.15) is 16.8 Å². The zero-order valence-electron chi connectivity index (χ0n) is 17.4. The Hall–Kier alpha value is -4.11. The molecule has 2 aromatic heterocycles. The van der Waals surface area contributed by atoms with E-state index in [9.17, 15) is 9.59 Å². The van der Waals surface area contributed by atoms with E-state index in [1.165, 1.54) is 6.07 Å². The SMILES string of the molecule is COc1cccc(OCCCN)c1-c1cc(NC(=O)c2cc3ccccc3oc2=O)n[nH]1. The number of nitrogens with zero attached hydrogens (tertiary/aromatic N) is 1. The summed E-state index contributed by atoms with van der Waals surface area (Å²) in [6.07, 6.45) is 0.704. The molecule has 9 heteroatoms. The van der Waals surface area contributed by atoms with Crippen molar-refractivity contribution in [3.8, 4) is 22.8 Å². The standard InChI is InChI=1S/C23H22N4O5/c1-30-18-8-4-9-19(31-11-5-10-24)21(18)16-13-20(27-26-16)25-22(28)15-12-14-6-2-3-7-17(14)32-23(15)29/h2-4,6-9,12-13H,5,10-11,24H2,1H3,(H2,25,26,27,28). The average molecular weight is 434 g/mol. The molecule has 0 unspecified atom stereocenters. The van der Waals surface area contributed by atoms with Gasteiger partial charge in [-0.05, 0) is 37.2 Å². The van der Waals surface area contributed by atoms with Crippen LogP contribution in [0.5, 0.6) is 11.5 Å². The minimum absolute atomic E-state index is 0.114. The van der Waals surface area contributed by atoms with Crippen LogP contribution in [0.25, 0.3) is 22.2 Å². The number of para-hydroxylation sites is 1. The Morgan fingerprint density at radius 2 is 1.97 bits per heavy atom. The molecule has 0 saturated carbocycles. The van der Waals surface area contributed by atoms with Gasteiger partial charge in [0, 0.05) is 11.5 Å². The summed E-state index contributed by atoms with van der Waals surface area (Å²) in [5, 5.41) is 10.3. The molecule has 4 rings (SSSR count). The number of hydrogen-bond donors (Lipinski definition) is 3. The number of benzene rings is 2. The van der Waals surface area contributed by atoms with Crippen molar-refractivity contribution >= 4 is 22.7 Å². The molecule has 2 heterocycles. The van der Waals surface area contributed by atoms with Gasteiger partial charge < -0.3 is 24.9 Å². The van der Waals surface area contributed by atoms with Gasteiger partial charge in [-0.1, -0.05) is 24.3 Å². The number of H-pyrrole nitrogens is 1. The molecular weight excluding hydrogens is 412 g/mol. The Morgan fingerprint density at radius 3 is 2.78 bits per heavy atom. The van der Waals surface area contributed by atoms with E-state index in [-0.39, 0.29) is 11.4 Å². The maximum Gasteiger partial charge on any atom is 0.349 e. The fraction of sp³-hybridized carbons (Fsp3) is 0.174. The number of amides is 1. The second kappa shape index (κ2) is 9.36. The monoisotopic (exact) mass is 434 g/mol. The second-order valence-electron chi connectivity index (χ2n) is 6.93.